The number of phenolic OH excluding ortho intramolecular Hbond substituents is 1. The van der Waals surface area contributed by atoms with E-state index in [1.807, 2.05) is 0 Å². The molecule has 0 aliphatic carbocycles. The van der Waals surface area contributed by atoms with Gasteiger partial charge in [-0.15, -0.1) is 0 Å². The quantitative estimate of drug-likeness (QED) is 0.648. The molecule has 0 spiro atoms. The molecule has 0 saturated carbocycles. The molecule has 1 saturated heterocycles. The highest BCUT2D eigenvalue weighted by molar-refractivity contribution is 8.18. The van der Waals surface area contributed by atoms with Crippen LogP contribution in [-0.4, -0.2) is 47.8 Å². The third-order valence-electron chi connectivity index (χ3n) is 4.12. The van der Waals surface area contributed by atoms with E-state index in [-0.39, 0.29) is 21.4 Å². The van der Waals surface area contributed by atoms with Gasteiger partial charge < -0.3 is 19.9 Å². The van der Waals surface area contributed by atoms with Gasteiger partial charge in [0, 0.05) is 5.69 Å². The van der Waals surface area contributed by atoms with Crippen molar-refractivity contribution in [3.05, 3.63) is 51.9 Å². The van der Waals surface area contributed by atoms with Crippen LogP contribution in [0.2, 0.25) is 5.02 Å². The zero-order valence-electron chi connectivity index (χ0n) is 16.0. The molecule has 30 heavy (non-hydrogen) atoms. The minimum atomic E-state index is -0.599. The Morgan fingerprint density at radius 2 is 1.90 bits per heavy atom. The molecule has 1 fully saturated rings. The number of aromatic hydroxyl groups is 1. The molecule has 10 heteroatoms. The Morgan fingerprint density at radius 1 is 1.20 bits per heavy atom. The van der Waals surface area contributed by atoms with Gasteiger partial charge in [0.25, 0.3) is 11.1 Å². The highest BCUT2D eigenvalue weighted by atomic mass is 35.5. The Kier molecular flexibility index (Phi) is 6.53. The number of ether oxygens (including phenoxy) is 2. The number of imide groups is 1. The van der Waals surface area contributed by atoms with Gasteiger partial charge >= 0.3 is 0 Å². The summed E-state index contributed by atoms with van der Waals surface area (Å²) in [5.74, 6) is -0.572. The first-order chi connectivity index (χ1) is 14.3. The van der Waals surface area contributed by atoms with Gasteiger partial charge in [-0.2, -0.15) is 0 Å². The first kappa shape index (κ1) is 21.5. The van der Waals surface area contributed by atoms with Crippen LogP contribution < -0.4 is 14.8 Å². The maximum atomic E-state index is 12.6. The van der Waals surface area contributed by atoms with Crippen LogP contribution in [0.3, 0.4) is 0 Å². The molecule has 0 unspecified atom stereocenters. The van der Waals surface area contributed by atoms with E-state index in [9.17, 15) is 19.5 Å². The van der Waals surface area contributed by atoms with Crippen LogP contribution in [-0.2, 0) is 9.59 Å². The number of phenols is 1. The van der Waals surface area contributed by atoms with E-state index in [2.05, 4.69) is 5.32 Å². The third kappa shape index (κ3) is 4.69. The van der Waals surface area contributed by atoms with Crippen LogP contribution in [0, 0.1) is 0 Å². The molecule has 0 atom stereocenters. The van der Waals surface area contributed by atoms with E-state index >= 15 is 0 Å². The Balaban J connectivity index is 1.72. The number of nitrogens with one attached hydrogen (secondary N) is 1. The van der Waals surface area contributed by atoms with Crippen molar-refractivity contribution in [1.29, 1.82) is 0 Å². The van der Waals surface area contributed by atoms with Crippen LogP contribution >= 0.6 is 23.4 Å². The van der Waals surface area contributed by atoms with Crippen molar-refractivity contribution in [2.45, 2.75) is 0 Å². The molecule has 0 aromatic heterocycles. The molecular formula is C20H17ClN2O6S. The number of nitrogens with zero attached hydrogens (tertiary/aromatic N) is 1. The number of methoxy groups -OCH3 is 2. The fourth-order valence-corrected chi connectivity index (χ4v) is 3.70. The summed E-state index contributed by atoms with van der Waals surface area (Å²) in [7, 11) is 2.90. The Bertz CT molecular complexity index is 1040. The normalized spacial score (nSPS) is 14.9. The fourth-order valence-electron chi connectivity index (χ4n) is 2.64. The number of rotatable bonds is 6. The van der Waals surface area contributed by atoms with Crippen molar-refractivity contribution < 1.29 is 29.0 Å². The smallest absolute Gasteiger partial charge is 0.294 e. The van der Waals surface area contributed by atoms with Crippen LogP contribution in [0.25, 0.3) is 6.08 Å². The molecule has 3 amide bonds. The highest BCUT2D eigenvalue weighted by Gasteiger charge is 2.36. The lowest BCUT2D eigenvalue weighted by molar-refractivity contribution is -0.127. The van der Waals surface area contributed by atoms with Crippen molar-refractivity contribution >= 4 is 52.2 Å². The van der Waals surface area contributed by atoms with Gasteiger partial charge in [-0.05, 0) is 59.8 Å². The highest BCUT2D eigenvalue weighted by Crippen LogP contribution is 2.37. The summed E-state index contributed by atoms with van der Waals surface area (Å²) in [4.78, 5) is 38.1. The predicted molar refractivity (Wildman–Crippen MR) is 114 cm³/mol. The van der Waals surface area contributed by atoms with E-state index in [4.69, 9.17) is 21.1 Å². The van der Waals surface area contributed by atoms with Crippen LogP contribution in [0.4, 0.5) is 10.5 Å². The molecule has 8 nitrogen and oxygen atoms in total. The molecule has 0 radical (unpaired) electrons. The number of carbonyl (C=O) groups excluding carboxylic acids is 3. The van der Waals surface area contributed by atoms with Crippen molar-refractivity contribution in [2.24, 2.45) is 0 Å². The topological polar surface area (TPSA) is 105 Å². The van der Waals surface area contributed by atoms with Crippen LogP contribution in [0.15, 0.2) is 41.3 Å². The second kappa shape index (κ2) is 9.10. The molecule has 0 bridgehead atoms. The maximum Gasteiger partial charge on any atom is 0.294 e. The second-order valence-corrected chi connectivity index (χ2v) is 7.50. The van der Waals surface area contributed by atoms with Gasteiger partial charge in [0.05, 0.1) is 24.1 Å². The van der Waals surface area contributed by atoms with Gasteiger partial charge in [0.15, 0.2) is 11.5 Å². The Morgan fingerprint density at radius 3 is 2.53 bits per heavy atom. The van der Waals surface area contributed by atoms with Crippen LogP contribution in [0.5, 0.6) is 17.2 Å². The standard InChI is InChI=1S/C20H17ClN2O6S/c1-28-13-5-3-12(4-6-13)22-17(24)10-23-19(26)16(30-20(23)27)9-11-7-14(21)18(25)15(8-11)29-2/h3-9,25H,10H2,1-2H3,(H,22,24)/b16-9-. The summed E-state index contributed by atoms with van der Waals surface area (Å²) in [5.41, 5.74) is 0.969. The SMILES string of the molecule is COc1ccc(NC(=O)CN2C(=O)S/C(=C\c3cc(Cl)c(O)c(OC)c3)C2=O)cc1. The van der Waals surface area contributed by atoms with Gasteiger partial charge in [-0.1, -0.05) is 11.6 Å². The summed E-state index contributed by atoms with van der Waals surface area (Å²) >= 11 is 6.66. The maximum absolute atomic E-state index is 12.6. The zero-order chi connectivity index (χ0) is 21.8. The molecule has 1 aliphatic rings. The largest absolute Gasteiger partial charge is 0.503 e. The average Bonchev–Trinajstić information content (AvgIpc) is 2.98. The lowest BCUT2D eigenvalue weighted by atomic mass is 10.2. The number of thioether (sulfide) groups is 1. The summed E-state index contributed by atoms with van der Waals surface area (Å²) in [6.07, 6.45) is 1.44. The number of halogens is 1. The van der Waals surface area contributed by atoms with Crippen molar-refractivity contribution in [3.8, 4) is 17.2 Å². The molecule has 3 rings (SSSR count). The first-order valence-corrected chi connectivity index (χ1v) is 9.77. The number of anilines is 1. The molecule has 1 aliphatic heterocycles. The third-order valence-corrected chi connectivity index (χ3v) is 5.31. The van der Waals surface area contributed by atoms with E-state index in [1.54, 1.807) is 24.3 Å². The van der Waals surface area contributed by atoms with Crippen molar-refractivity contribution in [1.82, 2.24) is 4.90 Å². The summed E-state index contributed by atoms with van der Waals surface area (Å²) in [5, 5.41) is 11.9. The Labute approximate surface area is 181 Å². The Hall–Kier alpha value is -3.17. The number of carbonyl (C=O) groups is 3. The van der Waals surface area contributed by atoms with Gasteiger partial charge in [0.2, 0.25) is 5.91 Å². The predicted octanol–water partition coefficient (Wildman–Crippen LogP) is 3.74. The first-order valence-electron chi connectivity index (χ1n) is 8.58. The van der Waals surface area contributed by atoms with Gasteiger partial charge in [-0.25, -0.2) is 0 Å². The molecule has 2 aromatic rings. The van der Waals surface area contributed by atoms with E-state index in [1.165, 1.54) is 32.4 Å². The minimum absolute atomic E-state index is 0.0405. The summed E-state index contributed by atoms with van der Waals surface area (Å²) in [6.45, 7) is -0.423. The number of hydrogen-bond donors (Lipinski definition) is 2. The average molecular weight is 449 g/mol. The minimum Gasteiger partial charge on any atom is -0.503 e. The second-order valence-electron chi connectivity index (χ2n) is 6.10. The molecule has 2 aromatic carbocycles. The number of benzene rings is 2. The fraction of sp³-hybridized carbons (Fsp3) is 0.150. The lowest BCUT2D eigenvalue weighted by Gasteiger charge is -2.12. The number of amides is 3. The zero-order valence-corrected chi connectivity index (χ0v) is 17.5. The summed E-state index contributed by atoms with van der Waals surface area (Å²) < 4.78 is 10.1. The van der Waals surface area contributed by atoms with E-state index in [0.29, 0.717) is 28.8 Å². The summed E-state index contributed by atoms with van der Waals surface area (Å²) in [6, 6.07) is 9.55. The van der Waals surface area contributed by atoms with Crippen molar-refractivity contribution in [2.75, 3.05) is 26.1 Å². The monoisotopic (exact) mass is 448 g/mol. The molecule has 2 N–H and O–H groups in total. The van der Waals surface area contributed by atoms with E-state index < -0.39 is 23.6 Å². The van der Waals surface area contributed by atoms with Gasteiger partial charge in [-0.3, -0.25) is 19.3 Å². The molecular weight excluding hydrogens is 432 g/mol. The lowest BCUT2D eigenvalue weighted by Crippen LogP contribution is -2.36. The molecule has 156 valence electrons. The molecule has 1 heterocycles. The number of hydrogen-bond acceptors (Lipinski definition) is 7. The van der Waals surface area contributed by atoms with Gasteiger partial charge in [0.1, 0.15) is 12.3 Å². The van der Waals surface area contributed by atoms with Crippen molar-refractivity contribution in [3.63, 3.8) is 0 Å². The van der Waals surface area contributed by atoms with Crippen LogP contribution in [0.1, 0.15) is 5.56 Å². The van der Waals surface area contributed by atoms with E-state index in [0.717, 1.165) is 4.90 Å².